The van der Waals surface area contributed by atoms with Gasteiger partial charge in [0.1, 0.15) is 5.75 Å². The van der Waals surface area contributed by atoms with Gasteiger partial charge >= 0.3 is 0 Å². The lowest BCUT2D eigenvalue weighted by Gasteiger charge is -2.23. The first-order valence-corrected chi connectivity index (χ1v) is 7.47. The zero-order valence-electron chi connectivity index (χ0n) is 13.5. The lowest BCUT2D eigenvalue weighted by molar-refractivity contribution is 0.290. The number of fused-ring (bicyclic) bond motifs is 1. The summed E-state index contributed by atoms with van der Waals surface area (Å²) >= 11 is 0. The largest absolute Gasteiger partial charge is 0.492 e. The third-order valence-corrected chi connectivity index (χ3v) is 4.37. The first-order valence-electron chi connectivity index (χ1n) is 7.47. The Morgan fingerprint density at radius 1 is 1.00 bits per heavy atom. The molecule has 0 bridgehead atoms. The molecule has 0 spiro atoms. The van der Waals surface area contributed by atoms with Crippen molar-refractivity contribution in [2.24, 2.45) is 0 Å². The van der Waals surface area contributed by atoms with Crippen molar-refractivity contribution in [1.82, 2.24) is 0 Å². The Morgan fingerprint density at radius 3 is 2.33 bits per heavy atom. The van der Waals surface area contributed by atoms with Crippen LogP contribution in [0.5, 0.6) is 5.75 Å². The predicted molar refractivity (Wildman–Crippen MR) is 88.9 cm³/mol. The molecule has 0 saturated carbocycles. The van der Waals surface area contributed by atoms with Crippen LogP contribution < -0.4 is 9.64 Å². The van der Waals surface area contributed by atoms with E-state index < -0.39 is 0 Å². The van der Waals surface area contributed by atoms with E-state index in [1.807, 2.05) is 0 Å². The van der Waals surface area contributed by atoms with E-state index in [4.69, 9.17) is 4.74 Å². The van der Waals surface area contributed by atoms with Crippen LogP contribution in [0.25, 0.3) is 0 Å². The van der Waals surface area contributed by atoms with Crippen molar-refractivity contribution in [3.05, 3.63) is 53.1 Å². The molecule has 3 rings (SSSR count). The van der Waals surface area contributed by atoms with E-state index in [2.05, 4.69) is 76.0 Å². The monoisotopic (exact) mass is 281 g/mol. The van der Waals surface area contributed by atoms with Gasteiger partial charge in [-0.05, 0) is 43.7 Å². The molecule has 2 aromatic carbocycles. The average molecular weight is 281 g/mol. The summed E-state index contributed by atoms with van der Waals surface area (Å²) in [5.74, 6) is 1.07. The molecule has 21 heavy (non-hydrogen) atoms. The highest BCUT2D eigenvalue weighted by molar-refractivity contribution is 5.67. The zero-order valence-corrected chi connectivity index (χ0v) is 13.5. The van der Waals surface area contributed by atoms with Gasteiger partial charge in [-0.15, -0.1) is 0 Å². The SMILES string of the molecule is Cc1ccc(N(C)c2cc(C)c3c(c2)C(C)(C)CO3)cc1. The van der Waals surface area contributed by atoms with Crippen LogP contribution in [-0.4, -0.2) is 13.7 Å². The fourth-order valence-electron chi connectivity index (χ4n) is 2.89. The molecule has 0 unspecified atom stereocenters. The van der Waals surface area contributed by atoms with E-state index in [1.165, 1.54) is 28.1 Å². The van der Waals surface area contributed by atoms with Crippen molar-refractivity contribution in [2.75, 3.05) is 18.6 Å². The summed E-state index contributed by atoms with van der Waals surface area (Å²) in [5, 5.41) is 0. The minimum atomic E-state index is 0.0875. The van der Waals surface area contributed by atoms with Crippen LogP contribution in [0, 0.1) is 13.8 Å². The fraction of sp³-hybridized carbons (Fsp3) is 0.368. The standard InChI is InChI=1S/C19H23NO/c1-13-6-8-15(9-7-13)20(5)16-10-14(2)18-17(11-16)19(3,4)12-21-18/h6-11H,12H2,1-5H3. The number of aryl methyl sites for hydroxylation is 2. The maximum absolute atomic E-state index is 5.88. The van der Waals surface area contributed by atoms with Gasteiger partial charge in [0.2, 0.25) is 0 Å². The second-order valence-corrected chi connectivity index (χ2v) is 6.71. The minimum Gasteiger partial charge on any atom is -0.492 e. The number of rotatable bonds is 2. The Labute approximate surface area is 127 Å². The van der Waals surface area contributed by atoms with Crippen molar-refractivity contribution in [3.8, 4) is 5.75 Å². The highest BCUT2D eigenvalue weighted by Crippen LogP contribution is 2.43. The minimum absolute atomic E-state index is 0.0875. The molecule has 2 aromatic rings. The van der Waals surface area contributed by atoms with Crippen LogP contribution in [-0.2, 0) is 5.41 Å². The molecule has 0 atom stereocenters. The van der Waals surface area contributed by atoms with Gasteiger partial charge in [0.25, 0.3) is 0 Å². The molecule has 2 nitrogen and oxygen atoms in total. The molecule has 1 aliphatic heterocycles. The quantitative estimate of drug-likeness (QED) is 0.788. The maximum atomic E-state index is 5.88. The van der Waals surface area contributed by atoms with E-state index in [0.29, 0.717) is 0 Å². The van der Waals surface area contributed by atoms with Crippen molar-refractivity contribution in [3.63, 3.8) is 0 Å². The fourth-order valence-corrected chi connectivity index (χ4v) is 2.89. The lowest BCUT2D eigenvalue weighted by atomic mass is 9.86. The van der Waals surface area contributed by atoms with Crippen LogP contribution in [0.1, 0.15) is 30.5 Å². The Hall–Kier alpha value is -1.96. The molecule has 1 heterocycles. The molecule has 0 N–H and O–H groups in total. The molecule has 0 saturated heterocycles. The Bertz CT molecular complexity index is 671. The van der Waals surface area contributed by atoms with E-state index >= 15 is 0 Å². The summed E-state index contributed by atoms with van der Waals surface area (Å²) in [6, 6.07) is 13.1. The van der Waals surface area contributed by atoms with E-state index in [0.717, 1.165) is 12.4 Å². The van der Waals surface area contributed by atoms with Crippen LogP contribution >= 0.6 is 0 Å². The number of benzene rings is 2. The molecule has 0 aromatic heterocycles. The van der Waals surface area contributed by atoms with Crippen LogP contribution in [0.2, 0.25) is 0 Å². The predicted octanol–water partition coefficient (Wildman–Crippen LogP) is 4.74. The molecule has 0 amide bonds. The van der Waals surface area contributed by atoms with Gasteiger partial charge < -0.3 is 9.64 Å². The van der Waals surface area contributed by atoms with Gasteiger partial charge in [-0.1, -0.05) is 31.5 Å². The number of ether oxygens (including phenoxy) is 1. The summed E-state index contributed by atoms with van der Waals surface area (Å²) < 4.78 is 5.88. The van der Waals surface area contributed by atoms with Crippen LogP contribution in [0.3, 0.4) is 0 Å². The van der Waals surface area contributed by atoms with Crippen molar-refractivity contribution >= 4 is 11.4 Å². The summed E-state index contributed by atoms with van der Waals surface area (Å²) in [6.07, 6.45) is 0. The summed E-state index contributed by atoms with van der Waals surface area (Å²) in [5.41, 5.74) is 6.32. The van der Waals surface area contributed by atoms with Crippen LogP contribution in [0.15, 0.2) is 36.4 Å². The second kappa shape index (κ2) is 4.80. The van der Waals surface area contributed by atoms with Crippen molar-refractivity contribution < 1.29 is 4.74 Å². The third kappa shape index (κ3) is 2.39. The summed E-state index contributed by atoms with van der Waals surface area (Å²) in [6.45, 7) is 9.50. The number of anilines is 2. The van der Waals surface area contributed by atoms with E-state index in [-0.39, 0.29) is 5.41 Å². The Balaban J connectivity index is 2.04. The topological polar surface area (TPSA) is 12.5 Å². The zero-order chi connectivity index (χ0) is 15.2. The first-order chi connectivity index (χ1) is 9.88. The second-order valence-electron chi connectivity index (χ2n) is 6.71. The molecule has 0 aliphatic carbocycles. The summed E-state index contributed by atoms with van der Waals surface area (Å²) in [4.78, 5) is 2.24. The molecule has 110 valence electrons. The van der Waals surface area contributed by atoms with Gasteiger partial charge in [0, 0.05) is 29.4 Å². The van der Waals surface area contributed by atoms with Gasteiger partial charge in [-0.3, -0.25) is 0 Å². The lowest BCUT2D eigenvalue weighted by Crippen LogP contribution is -2.19. The first kappa shape index (κ1) is 14.0. The van der Waals surface area contributed by atoms with Crippen molar-refractivity contribution in [2.45, 2.75) is 33.1 Å². The Kier molecular flexibility index (Phi) is 3.20. The normalized spacial score (nSPS) is 15.5. The molecule has 2 heteroatoms. The number of hydrogen-bond acceptors (Lipinski definition) is 2. The van der Waals surface area contributed by atoms with E-state index in [9.17, 15) is 0 Å². The van der Waals surface area contributed by atoms with Gasteiger partial charge in [0.15, 0.2) is 0 Å². The molecular formula is C19H23NO. The maximum Gasteiger partial charge on any atom is 0.126 e. The number of nitrogens with zero attached hydrogens (tertiary/aromatic N) is 1. The summed E-state index contributed by atoms with van der Waals surface area (Å²) in [7, 11) is 2.12. The average Bonchev–Trinajstić information content (AvgIpc) is 2.75. The van der Waals surface area contributed by atoms with Crippen molar-refractivity contribution in [1.29, 1.82) is 0 Å². The highest BCUT2D eigenvalue weighted by atomic mass is 16.5. The Morgan fingerprint density at radius 2 is 1.67 bits per heavy atom. The molecular weight excluding hydrogens is 258 g/mol. The van der Waals surface area contributed by atoms with E-state index in [1.54, 1.807) is 0 Å². The van der Waals surface area contributed by atoms with Gasteiger partial charge in [0.05, 0.1) is 6.61 Å². The molecule has 1 aliphatic rings. The number of hydrogen-bond donors (Lipinski definition) is 0. The smallest absolute Gasteiger partial charge is 0.126 e. The molecule has 0 radical (unpaired) electrons. The highest BCUT2D eigenvalue weighted by Gasteiger charge is 2.33. The third-order valence-electron chi connectivity index (χ3n) is 4.37. The molecule has 0 fully saturated rings. The van der Waals surface area contributed by atoms with Gasteiger partial charge in [-0.25, -0.2) is 0 Å². The van der Waals surface area contributed by atoms with Crippen LogP contribution in [0.4, 0.5) is 11.4 Å². The van der Waals surface area contributed by atoms with Gasteiger partial charge in [-0.2, -0.15) is 0 Å².